The Balaban J connectivity index is 1.45. The molecule has 2 N–H and O–H groups in total. The van der Waals surface area contributed by atoms with Gasteiger partial charge < -0.3 is 24.7 Å². The molecular formula is C33H40N4O5. The van der Waals surface area contributed by atoms with Crippen molar-refractivity contribution in [1.29, 1.82) is 0 Å². The smallest absolute Gasteiger partial charge is 0.253 e. The Kier molecular flexibility index (Phi) is 9.51. The topological polar surface area (TPSA) is 104 Å². The van der Waals surface area contributed by atoms with Gasteiger partial charge in [0, 0.05) is 74.9 Å². The number of hydrogen-bond acceptors (Lipinski definition) is 6. The predicted molar refractivity (Wildman–Crippen MR) is 163 cm³/mol. The fourth-order valence-electron chi connectivity index (χ4n) is 5.83. The average Bonchev–Trinajstić information content (AvgIpc) is 2.98. The number of carbonyl (C=O) groups is 2. The van der Waals surface area contributed by atoms with Crippen molar-refractivity contribution < 1.29 is 19.1 Å². The summed E-state index contributed by atoms with van der Waals surface area (Å²) < 4.78 is 11.0. The van der Waals surface area contributed by atoms with Crippen LogP contribution in [0.15, 0.2) is 53.3 Å². The number of amides is 2. The number of anilines is 1. The van der Waals surface area contributed by atoms with Crippen LogP contribution < -0.4 is 15.8 Å². The lowest BCUT2D eigenvalue weighted by Crippen LogP contribution is -2.42. The second-order valence-corrected chi connectivity index (χ2v) is 11.2. The Bertz CT molecular complexity index is 1470. The molecule has 2 aliphatic rings. The van der Waals surface area contributed by atoms with E-state index in [4.69, 9.17) is 9.47 Å². The number of aryl methyl sites for hydroxylation is 2. The van der Waals surface area contributed by atoms with Crippen molar-refractivity contribution in [1.82, 2.24) is 15.2 Å². The van der Waals surface area contributed by atoms with Crippen LogP contribution in [0.25, 0.3) is 11.1 Å². The predicted octanol–water partition coefficient (Wildman–Crippen LogP) is 3.95. The van der Waals surface area contributed by atoms with Gasteiger partial charge >= 0.3 is 0 Å². The zero-order chi connectivity index (χ0) is 29.6. The maximum atomic E-state index is 13.5. The van der Waals surface area contributed by atoms with Crippen molar-refractivity contribution in [2.45, 2.75) is 52.7 Å². The fraction of sp³-hybridized carbons (Fsp3) is 0.424. The van der Waals surface area contributed by atoms with E-state index in [1.54, 1.807) is 17.9 Å². The first kappa shape index (κ1) is 29.7. The number of aromatic amines is 1. The first-order valence-corrected chi connectivity index (χ1v) is 14.7. The maximum absolute atomic E-state index is 13.5. The lowest BCUT2D eigenvalue weighted by Gasteiger charge is -2.34. The summed E-state index contributed by atoms with van der Waals surface area (Å²) >= 11 is 0. The van der Waals surface area contributed by atoms with Crippen molar-refractivity contribution in [2.24, 2.45) is 0 Å². The molecule has 2 aromatic carbocycles. The van der Waals surface area contributed by atoms with Crippen LogP contribution >= 0.6 is 0 Å². The van der Waals surface area contributed by atoms with Crippen LogP contribution in [0.2, 0.25) is 0 Å². The summed E-state index contributed by atoms with van der Waals surface area (Å²) in [6.07, 6.45) is 1.47. The molecule has 9 heteroatoms. The van der Waals surface area contributed by atoms with Crippen molar-refractivity contribution in [3.8, 4) is 11.1 Å². The quantitative estimate of drug-likeness (QED) is 0.424. The molecule has 0 unspecified atom stereocenters. The summed E-state index contributed by atoms with van der Waals surface area (Å²) in [6, 6.07) is 15.9. The maximum Gasteiger partial charge on any atom is 0.253 e. The third-order valence-electron chi connectivity index (χ3n) is 8.07. The van der Waals surface area contributed by atoms with Gasteiger partial charge in [0.25, 0.3) is 11.5 Å². The molecule has 9 nitrogen and oxygen atoms in total. The Hall–Kier alpha value is -3.79. The minimum absolute atomic E-state index is 0.00734. The summed E-state index contributed by atoms with van der Waals surface area (Å²) in [4.78, 5) is 46.0. The van der Waals surface area contributed by atoms with E-state index in [0.717, 1.165) is 68.1 Å². The molecule has 1 aromatic heterocycles. The van der Waals surface area contributed by atoms with E-state index < -0.39 is 0 Å². The molecule has 0 atom stereocenters. The summed E-state index contributed by atoms with van der Waals surface area (Å²) in [5.74, 6) is -0.384. The van der Waals surface area contributed by atoms with Gasteiger partial charge in [-0.15, -0.1) is 0 Å². The molecule has 3 heterocycles. The molecule has 0 radical (unpaired) electrons. The van der Waals surface area contributed by atoms with Crippen molar-refractivity contribution >= 4 is 17.5 Å². The van der Waals surface area contributed by atoms with Gasteiger partial charge in [0.2, 0.25) is 5.91 Å². The third-order valence-corrected chi connectivity index (χ3v) is 8.07. The van der Waals surface area contributed by atoms with Gasteiger partial charge in [-0.1, -0.05) is 24.3 Å². The molecule has 0 aliphatic carbocycles. The van der Waals surface area contributed by atoms with E-state index in [0.29, 0.717) is 30.0 Å². The molecule has 222 valence electrons. The summed E-state index contributed by atoms with van der Waals surface area (Å²) in [6.45, 7) is 10.8. The second-order valence-electron chi connectivity index (χ2n) is 11.2. The van der Waals surface area contributed by atoms with Gasteiger partial charge in [0.1, 0.15) is 0 Å². The first-order valence-electron chi connectivity index (χ1n) is 14.7. The Morgan fingerprint density at radius 1 is 0.952 bits per heavy atom. The molecular weight excluding hydrogens is 532 g/mol. The van der Waals surface area contributed by atoms with Crippen molar-refractivity contribution in [3.63, 3.8) is 0 Å². The lowest BCUT2D eigenvalue weighted by molar-refractivity contribution is -0.117. The minimum Gasteiger partial charge on any atom is -0.381 e. The van der Waals surface area contributed by atoms with E-state index >= 15 is 0 Å². The molecule has 0 bridgehead atoms. The number of hydrogen-bond donors (Lipinski definition) is 2. The van der Waals surface area contributed by atoms with Crippen molar-refractivity contribution in [2.75, 3.05) is 44.4 Å². The monoisotopic (exact) mass is 572 g/mol. The molecule has 0 spiro atoms. The molecule has 2 amide bonds. The number of rotatable bonds is 8. The SMILES string of the molecule is CC(=O)N(c1cc(C(=O)NCc2c(C)cc(C)[nH]c2=O)cc(-c2ccc(CN3CCOCC3)cc2)c1)C1CCOCC1. The van der Waals surface area contributed by atoms with Crippen LogP contribution in [0.5, 0.6) is 0 Å². The molecule has 3 aromatic rings. The van der Waals surface area contributed by atoms with Crippen LogP contribution in [0.1, 0.15) is 52.5 Å². The van der Waals surface area contributed by atoms with E-state index in [1.165, 1.54) is 5.56 Å². The highest BCUT2D eigenvalue weighted by Gasteiger charge is 2.26. The highest BCUT2D eigenvalue weighted by Crippen LogP contribution is 2.31. The number of carbonyl (C=O) groups excluding carboxylic acids is 2. The minimum atomic E-state index is -0.308. The third kappa shape index (κ3) is 7.15. The Labute approximate surface area is 246 Å². The second kappa shape index (κ2) is 13.5. The van der Waals surface area contributed by atoms with E-state index in [2.05, 4.69) is 39.5 Å². The molecule has 2 aliphatic heterocycles. The number of ether oxygens (including phenoxy) is 2. The van der Waals surface area contributed by atoms with Gasteiger partial charge in [-0.3, -0.25) is 19.3 Å². The normalized spacial score (nSPS) is 16.3. The largest absolute Gasteiger partial charge is 0.381 e. The van der Waals surface area contributed by atoms with Crippen LogP contribution in [0, 0.1) is 13.8 Å². The standard InChI is InChI=1S/C33H40N4O5/c1-22-16-23(2)35-33(40)31(22)20-34-32(39)28-17-27(18-30(19-28)37(24(3)38)29-8-12-41-13-9-29)26-6-4-25(5-7-26)21-36-10-14-42-15-11-36/h4-7,16-19,29H,8-15,20-21H2,1-3H3,(H,34,39)(H,35,40). The van der Waals surface area contributed by atoms with Crippen LogP contribution in [-0.4, -0.2) is 67.3 Å². The van der Waals surface area contributed by atoms with Gasteiger partial charge in [0.15, 0.2) is 0 Å². The van der Waals surface area contributed by atoms with Gasteiger partial charge in [-0.25, -0.2) is 0 Å². The van der Waals surface area contributed by atoms with Gasteiger partial charge in [-0.2, -0.15) is 0 Å². The van der Waals surface area contributed by atoms with E-state index in [-0.39, 0.29) is 30.0 Å². The summed E-state index contributed by atoms with van der Waals surface area (Å²) in [5, 5.41) is 2.93. The highest BCUT2D eigenvalue weighted by molar-refractivity contribution is 5.99. The van der Waals surface area contributed by atoms with Gasteiger partial charge in [-0.05, 0) is 73.2 Å². The lowest BCUT2D eigenvalue weighted by atomic mass is 9.98. The number of morpholine rings is 1. The van der Waals surface area contributed by atoms with Gasteiger partial charge in [0.05, 0.1) is 13.2 Å². The molecule has 5 rings (SSSR count). The molecule has 42 heavy (non-hydrogen) atoms. The summed E-state index contributed by atoms with van der Waals surface area (Å²) in [7, 11) is 0. The van der Waals surface area contributed by atoms with Crippen molar-refractivity contribution in [3.05, 3.63) is 86.8 Å². The number of H-pyrrole nitrogens is 1. The van der Waals surface area contributed by atoms with Crippen LogP contribution in [-0.2, 0) is 27.4 Å². The van der Waals surface area contributed by atoms with E-state index in [1.807, 2.05) is 32.0 Å². The summed E-state index contributed by atoms with van der Waals surface area (Å²) in [5.41, 5.74) is 6.04. The first-order chi connectivity index (χ1) is 20.3. The number of pyridine rings is 1. The fourth-order valence-corrected chi connectivity index (χ4v) is 5.83. The Morgan fingerprint density at radius 2 is 1.64 bits per heavy atom. The molecule has 2 fully saturated rings. The Morgan fingerprint density at radius 3 is 2.31 bits per heavy atom. The zero-order valence-corrected chi connectivity index (χ0v) is 24.7. The molecule has 2 saturated heterocycles. The number of aromatic nitrogens is 1. The highest BCUT2D eigenvalue weighted by atomic mass is 16.5. The number of nitrogens with one attached hydrogen (secondary N) is 2. The number of nitrogens with zero attached hydrogens (tertiary/aromatic N) is 2. The van der Waals surface area contributed by atoms with Crippen LogP contribution in [0.4, 0.5) is 5.69 Å². The number of benzene rings is 2. The van der Waals surface area contributed by atoms with Crippen LogP contribution in [0.3, 0.4) is 0 Å². The average molecular weight is 573 g/mol. The van der Waals surface area contributed by atoms with E-state index in [9.17, 15) is 14.4 Å². The zero-order valence-electron chi connectivity index (χ0n) is 24.7. The molecule has 0 saturated carbocycles.